The van der Waals surface area contributed by atoms with Crippen molar-refractivity contribution in [2.75, 3.05) is 25.3 Å². The van der Waals surface area contributed by atoms with Gasteiger partial charge in [0.2, 0.25) is 11.8 Å². The lowest BCUT2D eigenvalue weighted by atomic mass is 9.95. The number of hydrogen-bond donors (Lipinski definition) is 2. The molecule has 1 aromatic heterocycles. The molecule has 3 rings (SSSR count). The molecule has 1 aliphatic heterocycles. The summed E-state index contributed by atoms with van der Waals surface area (Å²) in [5, 5.41) is 5.25. The van der Waals surface area contributed by atoms with Crippen molar-refractivity contribution in [2.24, 2.45) is 0 Å². The molecule has 0 spiro atoms. The molecule has 28 heavy (non-hydrogen) atoms. The monoisotopic (exact) mass is 426 g/mol. The molecule has 2 atom stereocenters. The van der Waals surface area contributed by atoms with Crippen LogP contribution in [0.3, 0.4) is 0 Å². The highest BCUT2D eigenvalue weighted by molar-refractivity contribution is 8.00. The smallest absolute Gasteiger partial charge is 0.341 e. The fraction of sp³-hybridized carbons (Fsp3) is 0.556. The topological polar surface area (TPSA) is 111 Å². The molecule has 2 aliphatic rings. The highest BCUT2D eigenvalue weighted by Gasteiger charge is 2.34. The zero-order valence-electron chi connectivity index (χ0n) is 15.7. The maximum Gasteiger partial charge on any atom is 0.341 e. The molecular formula is C18H22N2O6S2. The molecule has 8 nitrogen and oxygen atoms in total. The molecule has 0 radical (unpaired) electrons. The third-order valence-electron chi connectivity index (χ3n) is 4.74. The molecule has 2 amide bonds. The highest BCUT2D eigenvalue weighted by Crippen LogP contribution is 2.38. The minimum atomic E-state index is -0.697. The Labute approximate surface area is 170 Å². The molecule has 0 unspecified atom stereocenters. The number of amides is 2. The number of fused-ring (bicyclic) bond motifs is 1. The first kappa shape index (κ1) is 20.7. The molecule has 152 valence electrons. The van der Waals surface area contributed by atoms with Crippen LogP contribution in [0.25, 0.3) is 0 Å². The van der Waals surface area contributed by atoms with Gasteiger partial charge in [-0.25, -0.2) is 9.59 Å². The number of nitrogens with one attached hydrogen (secondary N) is 2. The first-order valence-electron chi connectivity index (χ1n) is 8.97. The van der Waals surface area contributed by atoms with Crippen LogP contribution in [0.15, 0.2) is 0 Å². The van der Waals surface area contributed by atoms with E-state index in [1.807, 2.05) is 0 Å². The SMILES string of the molecule is COC(=O)c1c(NC(=O)C[C@@H]2SC[C@H](C(=O)OC)NC2=O)sc2c1CCCC2. The Balaban J connectivity index is 1.67. The number of carbonyl (C=O) groups excluding carboxylic acids is 4. The van der Waals surface area contributed by atoms with E-state index < -0.39 is 23.2 Å². The Morgan fingerprint density at radius 3 is 2.61 bits per heavy atom. The summed E-state index contributed by atoms with van der Waals surface area (Å²) in [6.45, 7) is 0. The number of methoxy groups -OCH3 is 2. The molecule has 2 N–H and O–H groups in total. The van der Waals surface area contributed by atoms with E-state index in [1.54, 1.807) is 0 Å². The van der Waals surface area contributed by atoms with Crippen molar-refractivity contribution < 1.29 is 28.7 Å². The van der Waals surface area contributed by atoms with Crippen LogP contribution in [0.1, 0.15) is 40.1 Å². The zero-order valence-corrected chi connectivity index (χ0v) is 17.3. The Hall–Kier alpha value is -2.07. The number of carbonyl (C=O) groups is 4. The minimum absolute atomic E-state index is 0.0480. The van der Waals surface area contributed by atoms with Gasteiger partial charge in [-0.3, -0.25) is 9.59 Å². The molecule has 0 bridgehead atoms. The predicted octanol–water partition coefficient (Wildman–Crippen LogP) is 1.52. The van der Waals surface area contributed by atoms with Crippen LogP contribution in [0.2, 0.25) is 0 Å². The molecule has 10 heteroatoms. The molecule has 1 fully saturated rings. The van der Waals surface area contributed by atoms with E-state index in [0.717, 1.165) is 36.1 Å². The largest absolute Gasteiger partial charge is 0.467 e. The first-order chi connectivity index (χ1) is 13.4. The minimum Gasteiger partial charge on any atom is -0.467 e. The number of esters is 2. The molecule has 1 saturated heterocycles. The fourth-order valence-corrected chi connectivity index (χ4v) is 5.76. The van der Waals surface area contributed by atoms with Gasteiger partial charge in [0.05, 0.1) is 25.0 Å². The standard InChI is InChI=1S/C18H22N2O6S2/c1-25-17(23)10-8-27-12(15(22)19-10)7-13(21)20-16-14(18(24)26-2)9-5-3-4-6-11(9)28-16/h10,12H,3-8H2,1-2H3,(H,19,22)(H,20,21)/t10-,12+/m1/s1. The summed E-state index contributed by atoms with van der Waals surface area (Å²) in [5.74, 6) is -1.35. The van der Waals surface area contributed by atoms with Gasteiger partial charge in [0.15, 0.2) is 0 Å². The number of thiophene rings is 1. The van der Waals surface area contributed by atoms with Gasteiger partial charge in [0.1, 0.15) is 11.0 Å². The lowest BCUT2D eigenvalue weighted by Crippen LogP contribution is -2.51. The van der Waals surface area contributed by atoms with Gasteiger partial charge in [-0.05, 0) is 31.2 Å². The zero-order chi connectivity index (χ0) is 20.3. The van der Waals surface area contributed by atoms with Gasteiger partial charge >= 0.3 is 11.9 Å². The number of anilines is 1. The molecule has 0 aromatic carbocycles. The van der Waals surface area contributed by atoms with Crippen LogP contribution in [-0.2, 0) is 36.7 Å². The van der Waals surface area contributed by atoms with E-state index >= 15 is 0 Å². The summed E-state index contributed by atoms with van der Waals surface area (Å²) in [7, 11) is 2.58. The quantitative estimate of drug-likeness (QED) is 0.687. The third kappa shape index (κ3) is 4.33. The van der Waals surface area contributed by atoms with Crippen LogP contribution < -0.4 is 10.6 Å². The van der Waals surface area contributed by atoms with Crippen LogP contribution in [0.4, 0.5) is 5.00 Å². The van der Waals surface area contributed by atoms with Gasteiger partial charge in [0, 0.05) is 17.1 Å². The maximum atomic E-state index is 12.5. The lowest BCUT2D eigenvalue weighted by molar-refractivity contribution is -0.144. The summed E-state index contributed by atoms with van der Waals surface area (Å²) in [4.78, 5) is 49.6. The average molecular weight is 427 g/mol. The van der Waals surface area contributed by atoms with E-state index in [4.69, 9.17) is 4.74 Å². The van der Waals surface area contributed by atoms with Crippen molar-refractivity contribution in [3.05, 3.63) is 16.0 Å². The third-order valence-corrected chi connectivity index (χ3v) is 7.26. The first-order valence-corrected chi connectivity index (χ1v) is 10.8. The van der Waals surface area contributed by atoms with E-state index in [9.17, 15) is 19.2 Å². The Kier molecular flexibility index (Phi) is 6.61. The normalized spacial score (nSPS) is 21.3. The highest BCUT2D eigenvalue weighted by atomic mass is 32.2. The summed E-state index contributed by atoms with van der Waals surface area (Å²) >= 11 is 2.65. The van der Waals surface area contributed by atoms with Gasteiger partial charge in [0.25, 0.3) is 0 Å². The molecule has 1 aromatic rings. The van der Waals surface area contributed by atoms with Crippen molar-refractivity contribution in [1.29, 1.82) is 0 Å². The summed E-state index contributed by atoms with van der Waals surface area (Å²) in [6, 6.07) is -0.697. The van der Waals surface area contributed by atoms with Crippen molar-refractivity contribution in [3.63, 3.8) is 0 Å². The van der Waals surface area contributed by atoms with Crippen LogP contribution >= 0.6 is 23.1 Å². The van der Waals surface area contributed by atoms with Crippen LogP contribution in [0.5, 0.6) is 0 Å². The second kappa shape index (κ2) is 8.95. The van der Waals surface area contributed by atoms with E-state index in [2.05, 4.69) is 15.4 Å². The fourth-order valence-electron chi connectivity index (χ4n) is 3.33. The second-order valence-electron chi connectivity index (χ2n) is 6.57. The number of ether oxygens (including phenoxy) is 2. The number of aryl methyl sites for hydroxylation is 1. The molecular weight excluding hydrogens is 404 g/mol. The summed E-state index contributed by atoms with van der Waals surface area (Å²) < 4.78 is 9.53. The number of thioether (sulfide) groups is 1. The van der Waals surface area contributed by atoms with Crippen molar-refractivity contribution in [3.8, 4) is 0 Å². The molecule has 0 saturated carbocycles. The second-order valence-corrected chi connectivity index (χ2v) is 8.91. The Bertz CT molecular complexity index is 806. The summed E-state index contributed by atoms with van der Waals surface area (Å²) in [5.41, 5.74) is 1.39. The van der Waals surface area contributed by atoms with Gasteiger partial charge in [-0.1, -0.05) is 0 Å². The maximum absolute atomic E-state index is 12.5. The van der Waals surface area contributed by atoms with E-state index in [0.29, 0.717) is 16.3 Å². The van der Waals surface area contributed by atoms with Gasteiger partial charge in [-0.15, -0.1) is 23.1 Å². The number of hydrogen-bond acceptors (Lipinski definition) is 8. The van der Waals surface area contributed by atoms with Gasteiger partial charge < -0.3 is 20.1 Å². The van der Waals surface area contributed by atoms with Crippen molar-refractivity contribution in [1.82, 2.24) is 5.32 Å². The summed E-state index contributed by atoms with van der Waals surface area (Å²) in [6.07, 6.45) is 3.69. The van der Waals surface area contributed by atoms with Crippen LogP contribution in [-0.4, -0.2) is 55.0 Å². The average Bonchev–Trinajstić information content (AvgIpc) is 3.05. The van der Waals surface area contributed by atoms with Gasteiger partial charge in [-0.2, -0.15) is 0 Å². The predicted molar refractivity (Wildman–Crippen MR) is 106 cm³/mol. The van der Waals surface area contributed by atoms with E-state index in [1.165, 1.54) is 37.3 Å². The van der Waals surface area contributed by atoms with Crippen LogP contribution in [0, 0.1) is 0 Å². The Morgan fingerprint density at radius 1 is 1.18 bits per heavy atom. The van der Waals surface area contributed by atoms with E-state index in [-0.39, 0.29) is 18.2 Å². The Morgan fingerprint density at radius 2 is 1.93 bits per heavy atom. The van der Waals surface area contributed by atoms with Crippen molar-refractivity contribution in [2.45, 2.75) is 43.4 Å². The van der Waals surface area contributed by atoms with Crippen molar-refractivity contribution >= 4 is 51.9 Å². The number of rotatable bonds is 5. The molecule has 1 aliphatic carbocycles. The lowest BCUT2D eigenvalue weighted by Gasteiger charge is -2.26. The molecule has 2 heterocycles.